The van der Waals surface area contributed by atoms with Crippen LogP contribution < -0.4 is 20.5 Å². The second-order valence-corrected chi connectivity index (χ2v) is 13.2. The number of amides is 1. The number of imidazole rings is 1. The lowest BCUT2D eigenvalue weighted by Gasteiger charge is -2.26. The Bertz CT molecular complexity index is 1760. The first-order valence-corrected chi connectivity index (χ1v) is 16.5. The number of nitrogens with zero attached hydrogens (tertiary/aromatic N) is 5. The highest BCUT2D eigenvalue weighted by molar-refractivity contribution is 7.60. The molecule has 2 saturated heterocycles. The molecule has 23 heteroatoms. The van der Waals surface area contributed by atoms with Crippen molar-refractivity contribution < 1.29 is 71.5 Å². The van der Waals surface area contributed by atoms with E-state index in [1.54, 1.807) is 0 Å². The molecule has 8 N–H and O–H groups in total. The zero-order valence-corrected chi connectivity index (χ0v) is 25.7. The fraction of sp³-hybridized carbons (Fsp3) is 0.458. The van der Waals surface area contributed by atoms with E-state index in [0.29, 0.717) is 5.82 Å². The summed E-state index contributed by atoms with van der Waals surface area (Å²) >= 11 is 0. The molecule has 5 heterocycles. The average Bonchev–Trinajstić information content (AvgIpc) is 3.67. The zero-order valence-electron chi connectivity index (χ0n) is 23.9. The molecule has 3 aromatic rings. The number of aromatic nitrogens is 5. The molecular weight excluding hydrogens is 672 g/mol. The topological polar surface area (TPSA) is 307 Å². The lowest BCUT2D eigenvalue weighted by atomic mass is 10.1. The van der Waals surface area contributed by atoms with Gasteiger partial charge in [0.25, 0.3) is 20.0 Å². The van der Waals surface area contributed by atoms with Gasteiger partial charge >= 0.3 is 7.82 Å². The lowest BCUT2D eigenvalue weighted by molar-refractivity contribution is -0.765. The third-order valence-electron chi connectivity index (χ3n) is 7.07. The fourth-order valence-corrected chi connectivity index (χ4v) is 6.87. The minimum Gasteiger partial charge on any atom is -0.756 e. The predicted molar refractivity (Wildman–Crippen MR) is 150 cm³/mol. The first-order chi connectivity index (χ1) is 22.2. The maximum absolute atomic E-state index is 12.5. The first kappa shape index (κ1) is 34.9. The lowest BCUT2D eigenvalue weighted by Crippen LogP contribution is -2.46. The smallest absolute Gasteiger partial charge is 0.478 e. The van der Waals surface area contributed by atoms with Gasteiger partial charge in [0.05, 0.1) is 26.1 Å². The molecule has 5 rings (SSSR count). The van der Waals surface area contributed by atoms with Gasteiger partial charge in [-0.1, -0.05) is 5.92 Å². The normalized spacial score (nSPS) is 30.1. The number of ether oxygens (including phenoxy) is 2. The number of anilines is 1. The summed E-state index contributed by atoms with van der Waals surface area (Å²) in [7, 11) is -11.1. The summed E-state index contributed by atoms with van der Waals surface area (Å²) < 4.78 is 51.9. The Kier molecular flexibility index (Phi) is 10.4. The molecule has 47 heavy (non-hydrogen) atoms. The van der Waals surface area contributed by atoms with Crippen LogP contribution in [0.1, 0.15) is 22.8 Å². The highest BCUT2D eigenvalue weighted by Crippen LogP contribution is 2.58. The summed E-state index contributed by atoms with van der Waals surface area (Å²) in [6.07, 6.45) is -1.78. The fourth-order valence-electron chi connectivity index (χ4n) is 4.81. The molecule has 10 unspecified atom stereocenters. The van der Waals surface area contributed by atoms with Gasteiger partial charge in [-0.3, -0.25) is 18.5 Å². The molecule has 3 aromatic heterocycles. The molecular formula is C24H29N7O14P2. The Hall–Kier alpha value is -3.45. The second kappa shape index (κ2) is 14.0. The highest BCUT2D eigenvalue weighted by atomic mass is 31.3. The van der Waals surface area contributed by atoms with Crippen molar-refractivity contribution in [3.63, 3.8) is 0 Å². The van der Waals surface area contributed by atoms with Crippen LogP contribution in [0.3, 0.4) is 0 Å². The van der Waals surface area contributed by atoms with Gasteiger partial charge in [0.2, 0.25) is 0 Å². The van der Waals surface area contributed by atoms with E-state index in [4.69, 9.17) is 26.2 Å². The molecule has 0 bridgehead atoms. The van der Waals surface area contributed by atoms with Gasteiger partial charge in [-0.15, -0.1) is 6.42 Å². The number of fused-ring (bicyclic) bond motifs is 1. The number of carbonyl (C=O) groups excluding carboxylic acids is 1. The van der Waals surface area contributed by atoms with Crippen molar-refractivity contribution in [3.05, 3.63) is 42.7 Å². The number of hydrogen-bond donors (Lipinski definition) is 7. The van der Waals surface area contributed by atoms with Crippen molar-refractivity contribution in [2.45, 2.75) is 49.1 Å². The molecule has 21 nitrogen and oxygen atoms in total. The number of terminal acetylenes is 1. The first-order valence-electron chi connectivity index (χ1n) is 13.5. The van der Waals surface area contributed by atoms with Gasteiger partial charge in [-0.05, 0) is 6.07 Å². The summed E-state index contributed by atoms with van der Waals surface area (Å²) in [5.41, 5.74) is 5.76. The number of phosphoric ester groups is 2. The summed E-state index contributed by atoms with van der Waals surface area (Å²) in [6.45, 7) is -1.76. The standard InChI is InChI=1S/C24H29N7O14P2/c1-2-5-26-21-15-22(28-10-27-21)31(11-29-15)24-19(35)17(33)14(44-24)9-42-47(39,40)45-46(37,38)41-8-13-16(32)18(34)23(43-13)30-6-3-4-12(7-30)20(25)36/h1,3-4,6-7,10-11,13-14,16-19,23-24,32-35H,5,8-9H2,(H4-,25,26,27,28,36,37,38,39,40). The predicted octanol–water partition coefficient (Wildman–Crippen LogP) is -3.18. The third-order valence-corrected chi connectivity index (χ3v) is 9.63. The highest BCUT2D eigenvalue weighted by Gasteiger charge is 2.49. The maximum Gasteiger partial charge on any atom is 0.478 e. The Morgan fingerprint density at radius 2 is 1.81 bits per heavy atom. The zero-order chi connectivity index (χ0) is 34.1. The quantitative estimate of drug-likeness (QED) is 0.0525. The SMILES string of the molecule is C#CCNc1ncnc2c1ncn2C1OC(COP(=O)(O)OP(=O)([O-])OCC2OC([n+]3cccc(C(N)=O)c3)C(O)C2O)C(O)C1O. The van der Waals surface area contributed by atoms with Crippen molar-refractivity contribution in [1.29, 1.82) is 0 Å². The molecule has 1 amide bonds. The molecule has 10 atom stereocenters. The van der Waals surface area contributed by atoms with E-state index in [9.17, 15) is 44.1 Å². The van der Waals surface area contributed by atoms with Crippen LogP contribution in [0.15, 0.2) is 37.2 Å². The Labute approximate surface area is 264 Å². The molecule has 0 aromatic carbocycles. The van der Waals surface area contributed by atoms with E-state index in [-0.39, 0.29) is 23.3 Å². The maximum atomic E-state index is 12.5. The van der Waals surface area contributed by atoms with Crippen molar-refractivity contribution in [2.24, 2.45) is 5.73 Å². The van der Waals surface area contributed by atoms with Crippen molar-refractivity contribution in [3.8, 4) is 12.3 Å². The number of aliphatic hydroxyl groups excluding tert-OH is 4. The number of hydrogen-bond acceptors (Lipinski definition) is 17. The number of rotatable bonds is 13. The number of carbonyl (C=O) groups is 1. The minimum absolute atomic E-state index is 0.0575. The summed E-state index contributed by atoms with van der Waals surface area (Å²) in [6, 6.07) is 2.82. The number of primary amides is 1. The van der Waals surface area contributed by atoms with Crippen LogP contribution in [0.5, 0.6) is 0 Å². The monoisotopic (exact) mass is 701 g/mol. The Morgan fingerprint density at radius 1 is 1.11 bits per heavy atom. The molecule has 2 aliphatic heterocycles. The van der Waals surface area contributed by atoms with E-state index in [1.807, 2.05) is 0 Å². The molecule has 0 spiro atoms. The van der Waals surface area contributed by atoms with Gasteiger partial charge < -0.3 is 55.3 Å². The summed E-state index contributed by atoms with van der Waals surface area (Å²) in [4.78, 5) is 46.2. The summed E-state index contributed by atoms with van der Waals surface area (Å²) in [5, 5.41) is 44.7. The third kappa shape index (κ3) is 7.66. The number of nitrogens with one attached hydrogen (secondary N) is 1. The number of pyridine rings is 1. The molecule has 0 aliphatic carbocycles. The molecule has 2 aliphatic rings. The van der Waals surface area contributed by atoms with Crippen LogP contribution in [0, 0.1) is 12.3 Å². The van der Waals surface area contributed by atoms with Gasteiger partial charge in [-0.2, -0.15) is 4.57 Å². The van der Waals surface area contributed by atoms with E-state index >= 15 is 0 Å². The van der Waals surface area contributed by atoms with Crippen LogP contribution in [-0.4, -0.2) is 107 Å². The van der Waals surface area contributed by atoms with Crippen molar-refractivity contribution in [1.82, 2.24) is 19.5 Å². The van der Waals surface area contributed by atoms with Crippen LogP contribution in [-0.2, 0) is 32.0 Å². The van der Waals surface area contributed by atoms with Crippen LogP contribution >= 0.6 is 15.6 Å². The van der Waals surface area contributed by atoms with Gasteiger partial charge in [-0.25, -0.2) is 23.8 Å². The van der Waals surface area contributed by atoms with E-state index in [0.717, 1.165) is 0 Å². The Balaban J connectivity index is 1.16. The second-order valence-electron chi connectivity index (χ2n) is 10.2. The van der Waals surface area contributed by atoms with Gasteiger partial charge in [0.1, 0.15) is 42.4 Å². The molecule has 2 fully saturated rings. The summed E-state index contributed by atoms with van der Waals surface area (Å²) in [5.74, 6) is 1.90. The number of nitrogens with two attached hydrogens (primary N) is 1. The van der Waals surface area contributed by atoms with Crippen LogP contribution in [0.2, 0.25) is 0 Å². The molecule has 0 radical (unpaired) electrons. The van der Waals surface area contributed by atoms with Crippen LogP contribution in [0.25, 0.3) is 11.2 Å². The van der Waals surface area contributed by atoms with E-state index in [1.165, 1.54) is 46.3 Å². The largest absolute Gasteiger partial charge is 0.756 e. The molecule has 254 valence electrons. The van der Waals surface area contributed by atoms with E-state index < -0.39 is 83.8 Å². The number of aliphatic hydroxyl groups is 4. The molecule has 0 saturated carbocycles. The Morgan fingerprint density at radius 3 is 2.53 bits per heavy atom. The average molecular weight is 701 g/mol. The van der Waals surface area contributed by atoms with E-state index in [2.05, 4.69) is 35.0 Å². The van der Waals surface area contributed by atoms with Crippen molar-refractivity contribution in [2.75, 3.05) is 25.1 Å². The van der Waals surface area contributed by atoms with Crippen molar-refractivity contribution >= 4 is 38.5 Å². The van der Waals surface area contributed by atoms with Gasteiger partial charge in [0.15, 0.2) is 41.7 Å². The van der Waals surface area contributed by atoms with Gasteiger partial charge in [0, 0.05) is 6.07 Å². The minimum atomic E-state index is -5.63. The number of phosphoric acid groups is 2. The van der Waals surface area contributed by atoms with Crippen LogP contribution in [0.4, 0.5) is 5.82 Å².